The summed E-state index contributed by atoms with van der Waals surface area (Å²) in [5, 5.41) is 1.29. The first-order valence-corrected chi connectivity index (χ1v) is 6.62. The first-order valence-electron chi connectivity index (χ1n) is 5.87. The summed E-state index contributed by atoms with van der Waals surface area (Å²) in [6.07, 6.45) is 0.549. The minimum atomic E-state index is 0.275. The number of hydrogen-bond donors (Lipinski definition) is 0. The molecule has 2 nitrogen and oxygen atoms in total. The molecule has 0 spiro atoms. The van der Waals surface area contributed by atoms with Crippen LogP contribution in [0.5, 0.6) is 0 Å². The highest BCUT2D eigenvalue weighted by atomic mass is 35.5. The second-order valence-corrected chi connectivity index (χ2v) is 5.45. The summed E-state index contributed by atoms with van der Waals surface area (Å²) < 4.78 is 5.71. The average molecular weight is 274 g/mol. The third-order valence-corrected chi connectivity index (χ3v) is 3.78. The number of benzene rings is 1. The zero-order valence-corrected chi connectivity index (χ0v) is 11.6. The third kappa shape index (κ3) is 3.35. The number of rotatable bonds is 2. The standard InChI is InChI=1S/C13H17Cl2NO/c1-9-6-16(7-10(2)17-9)8-11-4-3-5-12(14)13(11)15/h3-5,9-10H,6-8H2,1-2H3. The molecule has 94 valence electrons. The Balaban J connectivity index is 2.07. The van der Waals surface area contributed by atoms with Crippen LogP contribution in [0.1, 0.15) is 19.4 Å². The summed E-state index contributed by atoms with van der Waals surface area (Å²) in [5.74, 6) is 0. The predicted octanol–water partition coefficient (Wildman–Crippen LogP) is 3.60. The molecule has 1 heterocycles. The molecular weight excluding hydrogens is 257 g/mol. The van der Waals surface area contributed by atoms with Crippen molar-refractivity contribution in [2.75, 3.05) is 13.1 Å². The smallest absolute Gasteiger partial charge is 0.0678 e. The highest BCUT2D eigenvalue weighted by Gasteiger charge is 2.22. The topological polar surface area (TPSA) is 12.5 Å². The first-order chi connectivity index (χ1) is 8.06. The van der Waals surface area contributed by atoms with E-state index in [1.165, 1.54) is 0 Å². The van der Waals surface area contributed by atoms with E-state index in [0.717, 1.165) is 25.2 Å². The highest BCUT2D eigenvalue weighted by Crippen LogP contribution is 2.27. The fourth-order valence-electron chi connectivity index (χ4n) is 2.32. The van der Waals surface area contributed by atoms with E-state index < -0.39 is 0 Å². The van der Waals surface area contributed by atoms with Crippen molar-refractivity contribution in [2.24, 2.45) is 0 Å². The Labute approximate surface area is 112 Å². The molecular formula is C13H17Cl2NO. The Morgan fingerprint density at radius 3 is 2.53 bits per heavy atom. The third-order valence-electron chi connectivity index (χ3n) is 2.92. The summed E-state index contributed by atoms with van der Waals surface area (Å²) in [7, 11) is 0. The maximum Gasteiger partial charge on any atom is 0.0678 e. The molecule has 0 aliphatic carbocycles. The van der Waals surface area contributed by atoms with Gasteiger partial charge in [0.1, 0.15) is 0 Å². The molecule has 1 aromatic carbocycles. The first kappa shape index (κ1) is 13.2. The van der Waals surface area contributed by atoms with Crippen LogP contribution in [0.25, 0.3) is 0 Å². The molecule has 17 heavy (non-hydrogen) atoms. The predicted molar refractivity (Wildman–Crippen MR) is 71.7 cm³/mol. The molecule has 2 atom stereocenters. The molecule has 1 fully saturated rings. The lowest BCUT2D eigenvalue weighted by molar-refractivity contribution is -0.0704. The van der Waals surface area contributed by atoms with E-state index in [1.807, 2.05) is 18.2 Å². The molecule has 2 unspecified atom stereocenters. The molecule has 0 aromatic heterocycles. The number of morpholine rings is 1. The molecule has 1 aromatic rings. The molecule has 1 aliphatic rings. The van der Waals surface area contributed by atoms with E-state index in [4.69, 9.17) is 27.9 Å². The Kier molecular flexibility index (Phi) is 4.31. The van der Waals surface area contributed by atoms with Crippen LogP contribution in [0.2, 0.25) is 10.0 Å². The largest absolute Gasteiger partial charge is 0.373 e. The Morgan fingerprint density at radius 1 is 1.24 bits per heavy atom. The molecule has 1 aliphatic heterocycles. The SMILES string of the molecule is CC1CN(Cc2cccc(Cl)c2Cl)CC(C)O1. The van der Waals surface area contributed by atoms with E-state index in [0.29, 0.717) is 10.0 Å². The van der Waals surface area contributed by atoms with Gasteiger partial charge in [-0.2, -0.15) is 0 Å². The summed E-state index contributed by atoms with van der Waals surface area (Å²) >= 11 is 12.2. The van der Waals surface area contributed by atoms with Crippen molar-refractivity contribution < 1.29 is 4.74 Å². The number of hydrogen-bond acceptors (Lipinski definition) is 2. The molecule has 0 saturated carbocycles. The highest BCUT2D eigenvalue weighted by molar-refractivity contribution is 6.42. The zero-order valence-electron chi connectivity index (χ0n) is 10.1. The van der Waals surface area contributed by atoms with Crippen molar-refractivity contribution in [2.45, 2.75) is 32.6 Å². The van der Waals surface area contributed by atoms with Gasteiger partial charge in [-0.1, -0.05) is 35.3 Å². The minimum Gasteiger partial charge on any atom is -0.373 e. The van der Waals surface area contributed by atoms with E-state index in [2.05, 4.69) is 18.7 Å². The minimum absolute atomic E-state index is 0.275. The molecule has 2 rings (SSSR count). The van der Waals surface area contributed by atoms with Crippen LogP contribution in [-0.4, -0.2) is 30.2 Å². The van der Waals surface area contributed by atoms with E-state index in [9.17, 15) is 0 Å². The van der Waals surface area contributed by atoms with Crippen molar-refractivity contribution >= 4 is 23.2 Å². The van der Waals surface area contributed by atoms with Crippen LogP contribution in [0, 0.1) is 0 Å². The molecule has 0 N–H and O–H groups in total. The van der Waals surface area contributed by atoms with Crippen LogP contribution in [-0.2, 0) is 11.3 Å². The Morgan fingerprint density at radius 2 is 1.88 bits per heavy atom. The monoisotopic (exact) mass is 273 g/mol. The Bertz CT molecular complexity index is 387. The van der Waals surface area contributed by atoms with E-state index in [-0.39, 0.29) is 12.2 Å². The fourth-order valence-corrected chi connectivity index (χ4v) is 2.70. The van der Waals surface area contributed by atoms with Crippen LogP contribution in [0.15, 0.2) is 18.2 Å². The van der Waals surface area contributed by atoms with Gasteiger partial charge in [0.15, 0.2) is 0 Å². The molecule has 4 heteroatoms. The lowest BCUT2D eigenvalue weighted by atomic mass is 10.1. The van der Waals surface area contributed by atoms with Gasteiger partial charge in [0.25, 0.3) is 0 Å². The quantitative estimate of drug-likeness (QED) is 0.817. The van der Waals surface area contributed by atoms with Gasteiger partial charge in [-0.25, -0.2) is 0 Å². The van der Waals surface area contributed by atoms with Crippen molar-refractivity contribution in [3.63, 3.8) is 0 Å². The van der Waals surface area contributed by atoms with Gasteiger partial charge < -0.3 is 4.74 Å². The molecule has 1 saturated heterocycles. The van der Waals surface area contributed by atoms with Gasteiger partial charge in [0.05, 0.1) is 22.3 Å². The zero-order chi connectivity index (χ0) is 12.4. The number of halogens is 2. The van der Waals surface area contributed by atoms with Gasteiger partial charge in [-0.05, 0) is 25.5 Å². The maximum atomic E-state index is 6.20. The van der Waals surface area contributed by atoms with E-state index in [1.54, 1.807) is 0 Å². The molecule has 0 radical (unpaired) electrons. The summed E-state index contributed by atoms with van der Waals surface area (Å²) in [4.78, 5) is 2.36. The number of nitrogens with zero attached hydrogens (tertiary/aromatic N) is 1. The van der Waals surface area contributed by atoms with Gasteiger partial charge in [-0.15, -0.1) is 0 Å². The normalized spacial score (nSPS) is 26.1. The second-order valence-electron chi connectivity index (χ2n) is 4.66. The van der Waals surface area contributed by atoms with E-state index >= 15 is 0 Å². The van der Waals surface area contributed by atoms with Crippen LogP contribution in [0.3, 0.4) is 0 Å². The van der Waals surface area contributed by atoms with Crippen molar-refractivity contribution in [3.05, 3.63) is 33.8 Å². The van der Waals surface area contributed by atoms with Gasteiger partial charge in [0, 0.05) is 19.6 Å². The second kappa shape index (κ2) is 5.57. The van der Waals surface area contributed by atoms with Crippen molar-refractivity contribution in [1.29, 1.82) is 0 Å². The van der Waals surface area contributed by atoms with Gasteiger partial charge >= 0.3 is 0 Å². The number of ether oxygens (including phenoxy) is 1. The summed E-state index contributed by atoms with van der Waals surface area (Å²) in [6, 6.07) is 5.79. The van der Waals surface area contributed by atoms with Crippen molar-refractivity contribution in [1.82, 2.24) is 4.90 Å². The van der Waals surface area contributed by atoms with Crippen LogP contribution < -0.4 is 0 Å². The van der Waals surface area contributed by atoms with Gasteiger partial charge in [-0.3, -0.25) is 4.90 Å². The van der Waals surface area contributed by atoms with Gasteiger partial charge in [0.2, 0.25) is 0 Å². The van der Waals surface area contributed by atoms with Crippen LogP contribution >= 0.6 is 23.2 Å². The fraction of sp³-hybridized carbons (Fsp3) is 0.538. The average Bonchev–Trinajstić information content (AvgIpc) is 2.23. The maximum absolute atomic E-state index is 6.20. The Hall–Kier alpha value is -0.280. The lowest BCUT2D eigenvalue weighted by Crippen LogP contribution is -2.44. The van der Waals surface area contributed by atoms with Crippen molar-refractivity contribution in [3.8, 4) is 0 Å². The van der Waals surface area contributed by atoms with Crippen LogP contribution in [0.4, 0.5) is 0 Å². The summed E-state index contributed by atoms with van der Waals surface area (Å²) in [5.41, 5.74) is 1.08. The lowest BCUT2D eigenvalue weighted by Gasteiger charge is -2.35. The summed E-state index contributed by atoms with van der Waals surface area (Å²) in [6.45, 7) is 6.91. The molecule has 0 amide bonds. The molecule has 0 bridgehead atoms.